The first-order valence-corrected chi connectivity index (χ1v) is 11.6. The van der Waals surface area contributed by atoms with E-state index in [9.17, 15) is 9.90 Å². The average Bonchev–Trinajstić information content (AvgIpc) is 3.34. The van der Waals surface area contributed by atoms with Gasteiger partial charge in [-0.25, -0.2) is 0 Å². The predicted molar refractivity (Wildman–Crippen MR) is 129 cm³/mol. The number of ether oxygens (including phenoxy) is 1. The van der Waals surface area contributed by atoms with E-state index < -0.39 is 0 Å². The Morgan fingerprint density at radius 1 is 1.18 bits per heavy atom. The molecule has 1 saturated heterocycles. The largest absolute Gasteiger partial charge is 0.508 e. The maximum Gasteiger partial charge on any atom is 0.259 e. The maximum atomic E-state index is 13.3. The minimum Gasteiger partial charge on any atom is -0.508 e. The van der Waals surface area contributed by atoms with Gasteiger partial charge in [0.2, 0.25) is 0 Å². The highest BCUT2D eigenvalue weighted by molar-refractivity contribution is 6.14. The summed E-state index contributed by atoms with van der Waals surface area (Å²) in [5.74, 6) is 1.22. The minimum absolute atomic E-state index is 0.203. The van der Waals surface area contributed by atoms with Gasteiger partial charge in [0.15, 0.2) is 0 Å². The number of piperidine rings is 1. The summed E-state index contributed by atoms with van der Waals surface area (Å²) in [6.07, 6.45) is 2.32. The minimum atomic E-state index is -0.251. The van der Waals surface area contributed by atoms with Crippen molar-refractivity contribution in [3.05, 3.63) is 53.3 Å². The number of carbonyl (C=O) groups is 1. The van der Waals surface area contributed by atoms with Crippen molar-refractivity contribution >= 4 is 22.6 Å². The van der Waals surface area contributed by atoms with E-state index in [0.29, 0.717) is 46.0 Å². The lowest BCUT2D eigenvalue weighted by atomic mass is 9.69. The Morgan fingerprint density at radius 2 is 1.91 bits per heavy atom. The van der Waals surface area contributed by atoms with Gasteiger partial charge in [0.05, 0.1) is 12.7 Å². The lowest BCUT2D eigenvalue weighted by Gasteiger charge is -2.43. The molecule has 2 bridgehead atoms. The zero-order valence-electron chi connectivity index (χ0n) is 20.0. The second kappa shape index (κ2) is 7.52. The summed E-state index contributed by atoms with van der Waals surface area (Å²) in [4.78, 5) is 15.8. The van der Waals surface area contributed by atoms with Gasteiger partial charge in [-0.2, -0.15) is 0 Å². The molecule has 2 unspecified atom stereocenters. The number of hydrogen-bond acceptors (Lipinski definition) is 5. The molecule has 1 aromatic heterocycles. The summed E-state index contributed by atoms with van der Waals surface area (Å²) in [6.45, 7) is 10.5. The van der Waals surface area contributed by atoms with Crippen molar-refractivity contribution in [2.75, 3.05) is 19.0 Å². The number of phenolic OH excluding ortho intramolecular Hbond substituents is 1. The molecule has 5 rings (SSSR count). The predicted octanol–water partition coefficient (Wildman–Crippen LogP) is 5.72. The average molecular weight is 449 g/mol. The lowest BCUT2D eigenvalue weighted by Crippen LogP contribution is -2.43. The SMILES string of the molecule is COc1ccc(NC(=O)c2c(C)oc3ccc(O)c(CN4CC5(C)CC4CC5(C)C)c23)cc1. The van der Waals surface area contributed by atoms with Crippen molar-refractivity contribution in [2.24, 2.45) is 10.8 Å². The molecule has 2 atom stereocenters. The van der Waals surface area contributed by atoms with E-state index in [1.54, 1.807) is 50.4 Å². The molecule has 6 heteroatoms. The third kappa shape index (κ3) is 3.48. The number of nitrogens with one attached hydrogen (secondary N) is 1. The summed E-state index contributed by atoms with van der Waals surface area (Å²) in [6, 6.07) is 11.1. The van der Waals surface area contributed by atoms with Crippen LogP contribution in [0.25, 0.3) is 11.0 Å². The Balaban J connectivity index is 1.49. The first-order chi connectivity index (χ1) is 15.6. The molecular weight excluding hydrogens is 416 g/mol. The third-order valence-corrected chi connectivity index (χ3v) is 8.19. The van der Waals surface area contributed by atoms with E-state index in [0.717, 1.165) is 24.3 Å². The molecule has 0 radical (unpaired) electrons. The summed E-state index contributed by atoms with van der Waals surface area (Å²) >= 11 is 0. The molecule has 3 aromatic rings. The first kappa shape index (κ1) is 21.8. The molecule has 2 N–H and O–H groups in total. The Hall–Kier alpha value is -2.99. The molecule has 2 aliphatic rings. The number of phenols is 1. The van der Waals surface area contributed by atoms with Crippen LogP contribution in [0.2, 0.25) is 0 Å². The van der Waals surface area contributed by atoms with Crippen LogP contribution >= 0.6 is 0 Å². The van der Waals surface area contributed by atoms with Crippen LogP contribution in [0.4, 0.5) is 5.69 Å². The van der Waals surface area contributed by atoms with E-state index in [2.05, 4.69) is 31.0 Å². The fourth-order valence-electron chi connectivity index (χ4n) is 5.87. The summed E-state index contributed by atoms with van der Waals surface area (Å²) in [5.41, 5.74) is 3.11. The molecule has 33 heavy (non-hydrogen) atoms. The quantitative estimate of drug-likeness (QED) is 0.522. The van der Waals surface area contributed by atoms with Crippen LogP contribution in [-0.2, 0) is 6.54 Å². The molecule has 2 aromatic carbocycles. The van der Waals surface area contributed by atoms with E-state index in [1.165, 1.54) is 6.42 Å². The first-order valence-electron chi connectivity index (χ1n) is 11.6. The fourth-order valence-corrected chi connectivity index (χ4v) is 5.87. The molecule has 1 saturated carbocycles. The number of aromatic hydroxyl groups is 1. The molecule has 1 aliphatic carbocycles. The number of benzene rings is 2. The van der Waals surface area contributed by atoms with Gasteiger partial charge in [-0.15, -0.1) is 0 Å². The van der Waals surface area contributed by atoms with Crippen molar-refractivity contribution < 1.29 is 19.1 Å². The number of nitrogens with zero attached hydrogens (tertiary/aromatic N) is 1. The summed E-state index contributed by atoms with van der Waals surface area (Å²) < 4.78 is 11.2. The second-order valence-corrected chi connectivity index (χ2v) is 10.6. The number of likely N-dealkylation sites (tertiary alicyclic amines) is 1. The summed E-state index contributed by atoms with van der Waals surface area (Å²) in [5, 5.41) is 14.5. The Morgan fingerprint density at radius 3 is 2.52 bits per heavy atom. The van der Waals surface area contributed by atoms with Gasteiger partial charge in [0.1, 0.15) is 22.8 Å². The number of carbonyl (C=O) groups excluding carboxylic acids is 1. The van der Waals surface area contributed by atoms with Gasteiger partial charge in [0.25, 0.3) is 5.91 Å². The Labute approximate surface area is 194 Å². The molecule has 2 heterocycles. The van der Waals surface area contributed by atoms with Crippen molar-refractivity contribution in [3.63, 3.8) is 0 Å². The number of fused-ring (bicyclic) bond motifs is 3. The molecular formula is C27H32N2O4. The van der Waals surface area contributed by atoms with E-state index >= 15 is 0 Å². The zero-order valence-corrected chi connectivity index (χ0v) is 20.0. The second-order valence-electron chi connectivity index (χ2n) is 10.6. The molecule has 0 spiro atoms. The number of furan rings is 1. The highest BCUT2D eigenvalue weighted by Gasteiger charge is 2.57. The van der Waals surface area contributed by atoms with Crippen molar-refractivity contribution in [2.45, 2.75) is 53.1 Å². The Bertz CT molecular complexity index is 1230. The number of hydrogen-bond donors (Lipinski definition) is 2. The highest BCUT2D eigenvalue weighted by atomic mass is 16.5. The number of amides is 1. The standard InChI is InChI=1S/C27H32N2O4/c1-16-23(25(31)28-17-6-8-19(32-5)9-7-17)24-20(21(30)10-11-22(24)33-16)14-29-15-27(4)13-18(29)12-26(27,2)3/h6-11,18,30H,12-15H2,1-5H3,(H,28,31). The maximum absolute atomic E-state index is 13.3. The highest BCUT2D eigenvalue weighted by Crippen LogP contribution is 2.59. The van der Waals surface area contributed by atoms with Crippen LogP contribution in [0, 0.1) is 17.8 Å². The number of rotatable bonds is 5. The van der Waals surface area contributed by atoms with Gasteiger partial charge >= 0.3 is 0 Å². The number of anilines is 1. The van der Waals surface area contributed by atoms with Gasteiger partial charge in [-0.05, 0) is 67.0 Å². The van der Waals surface area contributed by atoms with E-state index in [-0.39, 0.29) is 17.1 Å². The van der Waals surface area contributed by atoms with Gasteiger partial charge in [-0.1, -0.05) is 20.8 Å². The molecule has 6 nitrogen and oxygen atoms in total. The van der Waals surface area contributed by atoms with Gasteiger partial charge < -0.3 is 19.6 Å². The van der Waals surface area contributed by atoms with E-state index in [1.807, 2.05) is 0 Å². The van der Waals surface area contributed by atoms with Crippen LogP contribution in [0.15, 0.2) is 40.8 Å². The van der Waals surface area contributed by atoms with E-state index in [4.69, 9.17) is 9.15 Å². The summed E-state index contributed by atoms with van der Waals surface area (Å²) in [7, 11) is 1.61. The fraction of sp³-hybridized carbons (Fsp3) is 0.444. The van der Waals surface area contributed by atoms with Crippen LogP contribution < -0.4 is 10.1 Å². The van der Waals surface area contributed by atoms with Crippen LogP contribution in [0.5, 0.6) is 11.5 Å². The third-order valence-electron chi connectivity index (χ3n) is 8.19. The number of methoxy groups -OCH3 is 1. The van der Waals surface area contributed by atoms with Crippen LogP contribution in [-0.4, -0.2) is 35.6 Å². The molecule has 174 valence electrons. The van der Waals surface area contributed by atoms with Crippen molar-refractivity contribution in [1.82, 2.24) is 4.90 Å². The topological polar surface area (TPSA) is 74.9 Å². The van der Waals surface area contributed by atoms with Gasteiger partial charge in [-0.3, -0.25) is 9.69 Å². The number of aryl methyl sites for hydroxylation is 1. The van der Waals surface area contributed by atoms with Crippen LogP contribution in [0.1, 0.15) is 55.3 Å². The Kier molecular flexibility index (Phi) is 4.98. The molecule has 1 amide bonds. The smallest absolute Gasteiger partial charge is 0.259 e. The monoisotopic (exact) mass is 448 g/mol. The molecule has 2 fully saturated rings. The lowest BCUT2D eigenvalue weighted by molar-refractivity contribution is 0.0555. The van der Waals surface area contributed by atoms with Gasteiger partial charge in [0, 0.05) is 35.8 Å². The zero-order chi connectivity index (χ0) is 23.5. The van der Waals surface area contributed by atoms with Crippen LogP contribution in [0.3, 0.4) is 0 Å². The van der Waals surface area contributed by atoms with Crippen molar-refractivity contribution in [3.8, 4) is 11.5 Å². The van der Waals surface area contributed by atoms with Crippen molar-refractivity contribution in [1.29, 1.82) is 0 Å². The normalized spacial score (nSPS) is 23.8. The molecule has 1 aliphatic heterocycles.